The molecule has 0 atom stereocenters. The summed E-state index contributed by atoms with van der Waals surface area (Å²) in [4.78, 5) is 12.4. The van der Waals surface area contributed by atoms with E-state index in [2.05, 4.69) is 32.6 Å². The molecule has 0 aliphatic heterocycles. The molecule has 0 spiro atoms. The molecule has 0 fully saturated rings. The molecule has 0 aromatic heterocycles. The molecule has 71 valence electrons. The summed E-state index contributed by atoms with van der Waals surface area (Å²) in [7, 11) is 0. The average molecular weight is 170 g/mol. The SMILES string of the molecule is CC(C)N(CCC[C]=O)C(C)C. The lowest BCUT2D eigenvalue weighted by Crippen LogP contribution is -2.37. The van der Waals surface area contributed by atoms with Gasteiger partial charge in [0.25, 0.3) is 0 Å². The zero-order chi connectivity index (χ0) is 9.56. The topological polar surface area (TPSA) is 20.3 Å². The van der Waals surface area contributed by atoms with Crippen LogP contribution in [0.25, 0.3) is 0 Å². The predicted molar refractivity (Wildman–Crippen MR) is 51.9 cm³/mol. The van der Waals surface area contributed by atoms with Gasteiger partial charge in [-0.15, -0.1) is 0 Å². The van der Waals surface area contributed by atoms with Crippen molar-refractivity contribution in [3.8, 4) is 0 Å². The van der Waals surface area contributed by atoms with Gasteiger partial charge >= 0.3 is 0 Å². The standard InChI is InChI=1S/C10H20NO/c1-9(2)11(10(3)4)7-5-6-8-12/h9-10H,5-7H2,1-4H3. The zero-order valence-electron chi connectivity index (χ0n) is 8.63. The van der Waals surface area contributed by atoms with Gasteiger partial charge in [0.05, 0.1) is 0 Å². The zero-order valence-corrected chi connectivity index (χ0v) is 8.63. The van der Waals surface area contributed by atoms with E-state index in [1.807, 2.05) is 6.29 Å². The lowest BCUT2D eigenvalue weighted by molar-refractivity contribution is 0.174. The molecular formula is C10H20NO. The number of carbonyl (C=O) groups excluding carboxylic acids is 1. The smallest absolute Gasteiger partial charge is 0.198 e. The van der Waals surface area contributed by atoms with E-state index in [0.717, 1.165) is 13.0 Å². The molecule has 0 rings (SSSR count). The fourth-order valence-corrected chi connectivity index (χ4v) is 1.45. The minimum absolute atomic E-state index is 0.565. The van der Waals surface area contributed by atoms with Crippen molar-refractivity contribution in [2.24, 2.45) is 0 Å². The third kappa shape index (κ3) is 4.50. The van der Waals surface area contributed by atoms with Crippen molar-refractivity contribution >= 4 is 6.29 Å². The molecule has 12 heavy (non-hydrogen) atoms. The van der Waals surface area contributed by atoms with Gasteiger partial charge in [0.15, 0.2) is 6.29 Å². The van der Waals surface area contributed by atoms with Gasteiger partial charge in [-0.1, -0.05) is 0 Å². The van der Waals surface area contributed by atoms with Crippen molar-refractivity contribution in [3.63, 3.8) is 0 Å². The van der Waals surface area contributed by atoms with E-state index in [1.165, 1.54) is 0 Å². The van der Waals surface area contributed by atoms with E-state index in [-0.39, 0.29) is 0 Å². The van der Waals surface area contributed by atoms with E-state index in [9.17, 15) is 4.79 Å². The molecule has 1 radical (unpaired) electrons. The van der Waals surface area contributed by atoms with Gasteiger partial charge in [-0.3, -0.25) is 9.69 Å². The lowest BCUT2D eigenvalue weighted by atomic mass is 10.2. The number of rotatable bonds is 6. The van der Waals surface area contributed by atoms with Crippen LogP contribution < -0.4 is 0 Å². The summed E-state index contributed by atoms with van der Waals surface area (Å²) in [5.41, 5.74) is 0. The summed E-state index contributed by atoms with van der Waals surface area (Å²) in [5, 5.41) is 0. The highest BCUT2D eigenvalue weighted by Crippen LogP contribution is 2.05. The third-order valence-corrected chi connectivity index (χ3v) is 2.02. The van der Waals surface area contributed by atoms with Crippen LogP contribution in [0.3, 0.4) is 0 Å². The monoisotopic (exact) mass is 170 g/mol. The predicted octanol–water partition coefficient (Wildman–Crippen LogP) is 2.00. The summed E-state index contributed by atoms with van der Waals surface area (Å²) in [5.74, 6) is 0. The molecule has 0 aliphatic rings. The van der Waals surface area contributed by atoms with Crippen molar-refractivity contribution in [1.29, 1.82) is 0 Å². The normalized spacial score (nSPS) is 11.6. The molecule has 0 amide bonds. The Labute approximate surface area is 75.9 Å². The number of hydrogen-bond acceptors (Lipinski definition) is 2. The molecule has 0 saturated carbocycles. The summed E-state index contributed by atoms with van der Waals surface area (Å²) in [6, 6.07) is 1.13. The van der Waals surface area contributed by atoms with Crippen LogP contribution in [-0.4, -0.2) is 29.8 Å². The molecule has 0 N–H and O–H groups in total. The Balaban J connectivity index is 3.71. The highest BCUT2D eigenvalue weighted by atomic mass is 16.1. The maximum atomic E-state index is 9.98. The largest absolute Gasteiger partial charge is 0.299 e. The van der Waals surface area contributed by atoms with Crippen molar-refractivity contribution in [2.45, 2.75) is 52.6 Å². The van der Waals surface area contributed by atoms with E-state index in [4.69, 9.17) is 0 Å². The van der Waals surface area contributed by atoms with Gasteiger partial charge in [-0.2, -0.15) is 0 Å². The van der Waals surface area contributed by atoms with Crippen LogP contribution in [0.4, 0.5) is 0 Å². The van der Waals surface area contributed by atoms with Crippen LogP contribution in [0.1, 0.15) is 40.5 Å². The summed E-state index contributed by atoms with van der Waals surface area (Å²) in [6.45, 7) is 9.75. The molecule has 0 bridgehead atoms. The first-order valence-corrected chi connectivity index (χ1v) is 4.70. The van der Waals surface area contributed by atoms with Crippen LogP contribution in [0.15, 0.2) is 0 Å². The van der Waals surface area contributed by atoms with Crippen molar-refractivity contribution in [1.82, 2.24) is 4.90 Å². The lowest BCUT2D eigenvalue weighted by Gasteiger charge is -2.30. The van der Waals surface area contributed by atoms with Gasteiger partial charge in [0.1, 0.15) is 0 Å². The highest BCUT2D eigenvalue weighted by Gasteiger charge is 2.11. The molecule has 0 unspecified atom stereocenters. The summed E-state index contributed by atoms with van der Waals surface area (Å²) in [6.07, 6.45) is 3.42. The summed E-state index contributed by atoms with van der Waals surface area (Å²) >= 11 is 0. The van der Waals surface area contributed by atoms with Crippen molar-refractivity contribution in [2.75, 3.05) is 6.54 Å². The minimum Gasteiger partial charge on any atom is -0.299 e. The molecule has 2 heteroatoms. The van der Waals surface area contributed by atoms with E-state index in [1.54, 1.807) is 0 Å². The Hall–Kier alpha value is -0.370. The Morgan fingerprint density at radius 3 is 2.00 bits per heavy atom. The Morgan fingerprint density at radius 2 is 1.67 bits per heavy atom. The van der Waals surface area contributed by atoms with Gasteiger partial charge in [-0.05, 0) is 40.7 Å². The Kier molecular flexibility index (Phi) is 5.99. The van der Waals surface area contributed by atoms with E-state index < -0.39 is 0 Å². The van der Waals surface area contributed by atoms with Crippen LogP contribution >= 0.6 is 0 Å². The molecular weight excluding hydrogens is 150 g/mol. The number of unbranched alkanes of at least 4 members (excludes halogenated alkanes) is 1. The molecule has 0 saturated heterocycles. The Morgan fingerprint density at radius 1 is 1.17 bits per heavy atom. The van der Waals surface area contributed by atoms with Crippen LogP contribution in [0, 0.1) is 0 Å². The van der Waals surface area contributed by atoms with Gasteiger partial charge in [0, 0.05) is 18.5 Å². The van der Waals surface area contributed by atoms with Crippen LogP contribution in [0.2, 0.25) is 0 Å². The number of nitrogens with zero attached hydrogens (tertiary/aromatic N) is 1. The molecule has 2 nitrogen and oxygen atoms in total. The fraction of sp³-hybridized carbons (Fsp3) is 0.900. The second-order valence-corrected chi connectivity index (χ2v) is 3.67. The van der Waals surface area contributed by atoms with E-state index >= 15 is 0 Å². The molecule has 0 heterocycles. The average Bonchev–Trinajstić information content (AvgIpc) is 1.96. The van der Waals surface area contributed by atoms with Crippen molar-refractivity contribution in [3.05, 3.63) is 0 Å². The van der Waals surface area contributed by atoms with Crippen LogP contribution in [-0.2, 0) is 4.79 Å². The molecule has 0 aromatic rings. The Bertz CT molecular complexity index is 113. The molecule has 0 aliphatic carbocycles. The van der Waals surface area contributed by atoms with Gasteiger partial charge in [-0.25, -0.2) is 0 Å². The van der Waals surface area contributed by atoms with Gasteiger partial charge in [0.2, 0.25) is 0 Å². The van der Waals surface area contributed by atoms with Crippen LogP contribution in [0.5, 0.6) is 0 Å². The fourth-order valence-electron chi connectivity index (χ4n) is 1.45. The first-order valence-electron chi connectivity index (χ1n) is 4.70. The second-order valence-electron chi connectivity index (χ2n) is 3.67. The van der Waals surface area contributed by atoms with Gasteiger partial charge < -0.3 is 0 Å². The van der Waals surface area contributed by atoms with E-state index in [0.29, 0.717) is 18.5 Å². The quantitative estimate of drug-likeness (QED) is 0.568. The number of hydrogen-bond donors (Lipinski definition) is 0. The first kappa shape index (κ1) is 11.6. The summed E-state index contributed by atoms with van der Waals surface area (Å²) < 4.78 is 0. The maximum absolute atomic E-state index is 9.98. The third-order valence-electron chi connectivity index (χ3n) is 2.02. The first-order chi connectivity index (χ1) is 5.59. The van der Waals surface area contributed by atoms with Crippen molar-refractivity contribution < 1.29 is 4.79 Å². The highest BCUT2D eigenvalue weighted by molar-refractivity contribution is 5.50. The second kappa shape index (κ2) is 6.18. The maximum Gasteiger partial charge on any atom is 0.198 e. The minimum atomic E-state index is 0.565. The molecule has 0 aromatic carbocycles.